The number of hydrogen-bond acceptors (Lipinski definition) is 4. The molecule has 160 valence electrons. The molecule has 0 fully saturated rings. The Labute approximate surface area is 193 Å². The summed E-state index contributed by atoms with van der Waals surface area (Å²) in [5, 5.41) is 0. The molecule has 5 aromatic rings. The second-order valence-corrected chi connectivity index (χ2v) is 7.56. The lowest BCUT2D eigenvalue weighted by Crippen LogP contribution is -2.10. The summed E-state index contributed by atoms with van der Waals surface area (Å²) in [4.78, 5) is 11.3. The predicted octanol–water partition coefficient (Wildman–Crippen LogP) is 7.29. The van der Waals surface area contributed by atoms with Gasteiger partial charge in [-0.2, -0.15) is 0 Å². The number of rotatable bonds is 6. The Kier molecular flexibility index (Phi) is 5.81. The highest BCUT2D eigenvalue weighted by molar-refractivity contribution is 5.81. The topological polar surface area (TPSA) is 38.2 Å². The van der Waals surface area contributed by atoms with Crippen LogP contribution in [-0.4, -0.2) is 17.1 Å². The summed E-state index contributed by atoms with van der Waals surface area (Å²) in [5.41, 5.74) is 7.13. The van der Waals surface area contributed by atoms with Gasteiger partial charge in [0.25, 0.3) is 0 Å². The normalized spacial score (nSPS) is 10.6. The van der Waals surface area contributed by atoms with E-state index in [0.717, 1.165) is 45.3 Å². The SMILES string of the molecule is COc1ccc(N(c2cccc(-c3ccccn3)c2)c2cccc(-c3ccccn3)c2)cc1. The molecule has 4 heteroatoms. The van der Waals surface area contributed by atoms with E-state index in [0.29, 0.717) is 0 Å². The van der Waals surface area contributed by atoms with Gasteiger partial charge in [0.05, 0.1) is 18.5 Å². The first kappa shape index (κ1) is 20.5. The number of hydrogen-bond donors (Lipinski definition) is 0. The molecule has 3 aromatic carbocycles. The van der Waals surface area contributed by atoms with Crippen LogP contribution in [0.4, 0.5) is 17.1 Å². The van der Waals surface area contributed by atoms with Crippen molar-refractivity contribution in [3.63, 3.8) is 0 Å². The first-order chi connectivity index (χ1) is 16.3. The van der Waals surface area contributed by atoms with Crippen molar-refractivity contribution in [2.45, 2.75) is 0 Å². The third-order valence-corrected chi connectivity index (χ3v) is 5.46. The van der Waals surface area contributed by atoms with E-state index in [1.165, 1.54) is 0 Å². The molecule has 0 amide bonds. The van der Waals surface area contributed by atoms with E-state index in [9.17, 15) is 0 Å². The van der Waals surface area contributed by atoms with Gasteiger partial charge in [-0.1, -0.05) is 36.4 Å². The Morgan fingerprint density at radius 1 is 0.545 bits per heavy atom. The first-order valence-corrected chi connectivity index (χ1v) is 10.8. The van der Waals surface area contributed by atoms with Crippen LogP contribution < -0.4 is 9.64 Å². The molecule has 5 rings (SSSR count). The molecule has 0 N–H and O–H groups in total. The zero-order chi connectivity index (χ0) is 22.5. The van der Waals surface area contributed by atoms with Gasteiger partial charge in [0.2, 0.25) is 0 Å². The fourth-order valence-corrected chi connectivity index (χ4v) is 3.85. The maximum absolute atomic E-state index is 5.38. The van der Waals surface area contributed by atoms with E-state index in [1.807, 2.05) is 60.9 Å². The van der Waals surface area contributed by atoms with Gasteiger partial charge in [0.15, 0.2) is 0 Å². The Morgan fingerprint density at radius 3 is 1.55 bits per heavy atom. The smallest absolute Gasteiger partial charge is 0.119 e. The molecule has 0 aliphatic heterocycles. The summed E-state index contributed by atoms with van der Waals surface area (Å²) in [5.74, 6) is 0.822. The number of nitrogens with zero attached hydrogens (tertiary/aromatic N) is 3. The van der Waals surface area contributed by atoms with Gasteiger partial charge in [-0.15, -0.1) is 0 Å². The average Bonchev–Trinajstić information content (AvgIpc) is 2.91. The monoisotopic (exact) mass is 429 g/mol. The summed E-state index contributed by atoms with van der Waals surface area (Å²) in [6.45, 7) is 0. The van der Waals surface area contributed by atoms with Gasteiger partial charge in [0, 0.05) is 40.6 Å². The zero-order valence-electron chi connectivity index (χ0n) is 18.3. The number of pyridine rings is 2. The van der Waals surface area contributed by atoms with Gasteiger partial charge >= 0.3 is 0 Å². The fourth-order valence-electron chi connectivity index (χ4n) is 3.85. The molecule has 0 bridgehead atoms. The summed E-state index contributed by atoms with van der Waals surface area (Å²) in [6, 6.07) is 36.9. The van der Waals surface area contributed by atoms with Crippen LogP contribution in [0, 0.1) is 0 Å². The molecule has 0 saturated heterocycles. The van der Waals surface area contributed by atoms with Crippen molar-refractivity contribution >= 4 is 17.1 Å². The molecule has 2 aromatic heterocycles. The maximum Gasteiger partial charge on any atom is 0.119 e. The van der Waals surface area contributed by atoms with Crippen LogP contribution in [0.15, 0.2) is 122 Å². The van der Waals surface area contributed by atoms with Crippen molar-refractivity contribution in [2.75, 3.05) is 12.0 Å². The molecule has 0 aliphatic carbocycles. The summed E-state index contributed by atoms with van der Waals surface area (Å²) < 4.78 is 5.38. The van der Waals surface area contributed by atoms with Crippen molar-refractivity contribution < 1.29 is 4.74 Å². The Balaban J connectivity index is 1.64. The van der Waals surface area contributed by atoms with E-state index in [1.54, 1.807) is 7.11 Å². The molecule has 0 spiro atoms. The predicted molar refractivity (Wildman–Crippen MR) is 134 cm³/mol. The van der Waals surface area contributed by atoms with Gasteiger partial charge < -0.3 is 9.64 Å². The van der Waals surface area contributed by atoms with E-state index in [2.05, 4.69) is 75.5 Å². The van der Waals surface area contributed by atoms with Gasteiger partial charge in [-0.3, -0.25) is 9.97 Å². The highest BCUT2D eigenvalue weighted by atomic mass is 16.5. The highest BCUT2D eigenvalue weighted by Crippen LogP contribution is 2.38. The summed E-state index contributed by atoms with van der Waals surface area (Å²) in [7, 11) is 1.68. The van der Waals surface area contributed by atoms with Crippen LogP contribution in [0.5, 0.6) is 5.75 Å². The lowest BCUT2D eigenvalue weighted by atomic mass is 10.1. The third-order valence-electron chi connectivity index (χ3n) is 5.46. The lowest BCUT2D eigenvalue weighted by Gasteiger charge is -2.26. The molecular formula is C29H23N3O. The van der Waals surface area contributed by atoms with Crippen molar-refractivity contribution in [1.82, 2.24) is 9.97 Å². The van der Waals surface area contributed by atoms with Crippen molar-refractivity contribution in [3.05, 3.63) is 122 Å². The first-order valence-electron chi connectivity index (χ1n) is 10.8. The molecule has 0 atom stereocenters. The lowest BCUT2D eigenvalue weighted by molar-refractivity contribution is 0.415. The number of ether oxygens (including phenoxy) is 1. The molecule has 0 unspecified atom stereocenters. The van der Waals surface area contributed by atoms with Gasteiger partial charge in [-0.25, -0.2) is 0 Å². The Bertz CT molecular complexity index is 1250. The minimum Gasteiger partial charge on any atom is -0.497 e. The quantitative estimate of drug-likeness (QED) is 0.284. The fraction of sp³-hybridized carbons (Fsp3) is 0.0345. The van der Waals surface area contributed by atoms with Crippen LogP contribution in [-0.2, 0) is 0 Å². The van der Waals surface area contributed by atoms with Gasteiger partial charge in [0.1, 0.15) is 5.75 Å². The van der Waals surface area contributed by atoms with Gasteiger partial charge in [-0.05, 0) is 72.8 Å². The standard InChI is InChI=1S/C29H23N3O/c1-33-27-16-14-24(15-17-27)32(25-10-6-8-22(20-25)28-12-2-4-18-30-28)26-11-7-9-23(21-26)29-13-3-5-19-31-29/h2-21H,1H3. The van der Waals surface area contributed by atoms with E-state index < -0.39 is 0 Å². The molecule has 0 radical (unpaired) electrons. The van der Waals surface area contributed by atoms with Crippen LogP contribution in [0.2, 0.25) is 0 Å². The van der Waals surface area contributed by atoms with E-state index in [-0.39, 0.29) is 0 Å². The second-order valence-electron chi connectivity index (χ2n) is 7.56. The number of benzene rings is 3. The summed E-state index contributed by atoms with van der Waals surface area (Å²) in [6.07, 6.45) is 3.64. The number of aromatic nitrogens is 2. The van der Waals surface area contributed by atoms with Crippen LogP contribution in [0.3, 0.4) is 0 Å². The highest BCUT2D eigenvalue weighted by Gasteiger charge is 2.15. The van der Waals surface area contributed by atoms with E-state index in [4.69, 9.17) is 4.74 Å². The molecule has 33 heavy (non-hydrogen) atoms. The van der Waals surface area contributed by atoms with Crippen LogP contribution in [0.25, 0.3) is 22.5 Å². The maximum atomic E-state index is 5.38. The van der Waals surface area contributed by atoms with Crippen molar-refractivity contribution in [3.8, 4) is 28.3 Å². The minimum absolute atomic E-state index is 0.822. The molecule has 0 saturated carbocycles. The number of methoxy groups -OCH3 is 1. The third kappa shape index (κ3) is 4.46. The second kappa shape index (κ2) is 9.37. The van der Waals surface area contributed by atoms with Crippen LogP contribution in [0.1, 0.15) is 0 Å². The number of anilines is 3. The largest absolute Gasteiger partial charge is 0.497 e. The average molecular weight is 430 g/mol. The molecular weight excluding hydrogens is 406 g/mol. The zero-order valence-corrected chi connectivity index (χ0v) is 18.3. The Morgan fingerprint density at radius 2 is 1.09 bits per heavy atom. The van der Waals surface area contributed by atoms with E-state index >= 15 is 0 Å². The Hall–Kier alpha value is -4.44. The van der Waals surface area contributed by atoms with Crippen molar-refractivity contribution in [2.24, 2.45) is 0 Å². The van der Waals surface area contributed by atoms with Crippen LogP contribution >= 0.6 is 0 Å². The minimum atomic E-state index is 0.822. The summed E-state index contributed by atoms with van der Waals surface area (Å²) >= 11 is 0. The van der Waals surface area contributed by atoms with Crippen molar-refractivity contribution in [1.29, 1.82) is 0 Å². The molecule has 2 heterocycles. The molecule has 4 nitrogen and oxygen atoms in total. The molecule has 0 aliphatic rings.